The summed E-state index contributed by atoms with van der Waals surface area (Å²) in [6.07, 6.45) is -0.808. The van der Waals surface area contributed by atoms with Gasteiger partial charge >= 0.3 is 0 Å². The second-order valence-corrected chi connectivity index (χ2v) is 4.56. The van der Waals surface area contributed by atoms with Crippen molar-refractivity contribution >= 4 is 11.6 Å². The van der Waals surface area contributed by atoms with E-state index in [1.807, 2.05) is 6.07 Å². The van der Waals surface area contributed by atoms with E-state index < -0.39 is 11.9 Å². The van der Waals surface area contributed by atoms with Gasteiger partial charge in [-0.15, -0.1) is 0 Å². The largest absolute Gasteiger partial charge is 0.483 e. The van der Waals surface area contributed by atoms with E-state index in [2.05, 4.69) is 5.32 Å². The number of benzene rings is 2. The van der Waals surface area contributed by atoms with Crippen LogP contribution in [0.2, 0.25) is 0 Å². The second kappa shape index (κ2) is 6.85. The molecule has 0 saturated carbocycles. The monoisotopic (exact) mass is 289 g/mol. The molecule has 1 unspecified atom stereocenters. The van der Waals surface area contributed by atoms with E-state index in [0.29, 0.717) is 11.3 Å². The highest BCUT2D eigenvalue weighted by Crippen LogP contribution is 2.25. The molecule has 0 fully saturated rings. The molecule has 4 nitrogen and oxygen atoms in total. The zero-order chi connectivity index (χ0) is 15.2. The molecule has 0 aliphatic rings. The van der Waals surface area contributed by atoms with Crippen LogP contribution in [0, 0.1) is 5.82 Å². The van der Waals surface area contributed by atoms with Crippen LogP contribution in [-0.2, 0) is 4.79 Å². The quantitative estimate of drug-likeness (QED) is 0.889. The molecule has 21 heavy (non-hydrogen) atoms. The first-order valence-corrected chi connectivity index (χ1v) is 6.51. The Bertz CT molecular complexity index is 614. The molecule has 2 N–H and O–H groups in total. The van der Waals surface area contributed by atoms with Gasteiger partial charge in [-0.1, -0.05) is 18.2 Å². The van der Waals surface area contributed by atoms with Crippen molar-refractivity contribution in [2.45, 2.75) is 13.0 Å². The average Bonchev–Trinajstić information content (AvgIpc) is 2.46. The number of rotatable bonds is 5. The lowest BCUT2D eigenvalue weighted by Crippen LogP contribution is -2.20. The Morgan fingerprint density at radius 3 is 2.67 bits per heavy atom. The number of carbonyl (C=O) groups excluding carboxylic acids is 1. The van der Waals surface area contributed by atoms with Gasteiger partial charge in [0.2, 0.25) is 0 Å². The third-order valence-electron chi connectivity index (χ3n) is 2.84. The summed E-state index contributed by atoms with van der Waals surface area (Å²) in [4.78, 5) is 11.8. The van der Waals surface area contributed by atoms with E-state index >= 15 is 0 Å². The molecule has 2 aromatic rings. The van der Waals surface area contributed by atoms with Gasteiger partial charge in [0.05, 0.1) is 6.10 Å². The van der Waals surface area contributed by atoms with Crippen LogP contribution in [-0.4, -0.2) is 17.6 Å². The van der Waals surface area contributed by atoms with Gasteiger partial charge in [-0.25, -0.2) is 4.39 Å². The minimum atomic E-state index is -0.808. The average molecular weight is 289 g/mol. The highest BCUT2D eigenvalue weighted by Gasteiger charge is 2.12. The number of halogens is 1. The molecule has 0 radical (unpaired) electrons. The number of aliphatic hydroxyl groups excluding tert-OH is 1. The van der Waals surface area contributed by atoms with Gasteiger partial charge in [0.1, 0.15) is 11.6 Å². The SMILES string of the molecule is CC(O)c1ccc(F)cc1OCC(=O)Nc1ccccc1. The number of hydrogen-bond donors (Lipinski definition) is 2. The molecule has 110 valence electrons. The zero-order valence-electron chi connectivity index (χ0n) is 11.5. The maximum atomic E-state index is 13.2. The minimum Gasteiger partial charge on any atom is -0.483 e. The lowest BCUT2D eigenvalue weighted by molar-refractivity contribution is -0.118. The van der Waals surface area contributed by atoms with E-state index in [1.54, 1.807) is 31.2 Å². The van der Waals surface area contributed by atoms with Gasteiger partial charge in [-0.05, 0) is 31.2 Å². The molecule has 0 heterocycles. The fraction of sp³-hybridized carbons (Fsp3) is 0.188. The van der Waals surface area contributed by atoms with Gasteiger partial charge in [0.15, 0.2) is 6.61 Å². The Kier molecular flexibility index (Phi) is 4.90. The van der Waals surface area contributed by atoms with Crippen LogP contribution in [0.5, 0.6) is 5.75 Å². The predicted molar refractivity (Wildman–Crippen MR) is 77.6 cm³/mol. The van der Waals surface area contributed by atoms with E-state index in [1.165, 1.54) is 12.1 Å². The van der Waals surface area contributed by atoms with Gasteiger partial charge in [-0.3, -0.25) is 4.79 Å². The number of amides is 1. The number of aliphatic hydroxyl groups is 1. The summed E-state index contributed by atoms with van der Waals surface area (Å²) in [5.41, 5.74) is 1.09. The molecule has 0 aliphatic carbocycles. The van der Waals surface area contributed by atoms with E-state index in [9.17, 15) is 14.3 Å². The van der Waals surface area contributed by atoms with E-state index in [-0.39, 0.29) is 18.3 Å². The maximum absolute atomic E-state index is 13.2. The third-order valence-corrected chi connectivity index (χ3v) is 2.84. The molecule has 2 rings (SSSR count). The third kappa shape index (κ3) is 4.29. The molecule has 5 heteroatoms. The summed E-state index contributed by atoms with van der Waals surface area (Å²) >= 11 is 0. The lowest BCUT2D eigenvalue weighted by atomic mass is 10.1. The van der Waals surface area contributed by atoms with Crippen molar-refractivity contribution in [1.29, 1.82) is 0 Å². The number of nitrogens with one attached hydrogen (secondary N) is 1. The summed E-state index contributed by atoms with van der Waals surface area (Å²) in [6, 6.07) is 12.8. The number of hydrogen-bond acceptors (Lipinski definition) is 3. The van der Waals surface area contributed by atoms with E-state index in [0.717, 1.165) is 6.07 Å². The first kappa shape index (κ1) is 15.0. The Balaban J connectivity index is 1.99. The highest BCUT2D eigenvalue weighted by molar-refractivity contribution is 5.91. The smallest absolute Gasteiger partial charge is 0.262 e. The van der Waals surface area contributed by atoms with Crippen molar-refractivity contribution in [2.75, 3.05) is 11.9 Å². The summed E-state index contributed by atoms with van der Waals surface area (Å²) in [6.45, 7) is 1.28. The molecule has 0 spiro atoms. The maximum Gasteiger partial charge on any atom is 0.262 e. The summed E-state index contributed by atoms with van der Waals surface area (Å²) < 4.78 is 18.5. The van der Waals surface area contributed by atoms with Crippen LogP contribution >= 0.6 is 0 Å². The van der Waals surface area contributed by atoms with E-state index in [4.69, 9.17) is 4.74 Å². The van der Waals surface area contributed by atoms with Gasteiger partial charge in [0, 0.05) is 17.3 Å². The molecule has 0 bridgehead atoms. The number of ether oxygens (including phenoxy) is 1. The van der Waals surface area contributed by atoms with Crippen molar-refractivity contribution in [1.82, 2.24) is 0 Å². The molecule has 0 aromatic heterocycles. The van der Waals surface area contributed by atoms with Crippen LogP contribution in [0.3, 0.4) is 0 Å². The molecular formula is C16H16FNO3. The van der Waals surface area contributed by atoms with Crippen molar-refractivity contribution < 1.29 is 19.0 Å². The molecular weight excluding hydrogens is 273 g/mol. The fourth-order valence-electron chi connectivity index (χ4n) is 1.84. The minimum absolute atomic E-state index is 0.160. The van der Waals surface area contributed by atoms with Gasteiger partial charge < -0.3 is 15.2 Å². The summed E-state index contributed by atoms with van der Waals surface area (Å²) in [5.74, 6) is -0.687. The van der Waals surface area contributed by atoms with Crippen molar-refractivity contribution in [3.8, 4) is 5.75 Å². The summed E-state index contributed by atoms with van der Waals surface area (Å²) in [7, 11) is 0. The van der Waals surface area contributed by atoms with Crippen LogP contribution in [0.4, 0.5) is 10.1 Å². The lowest BCUT2D eigenvalue weighted by Gasteiger charge is -2.13. The molecule has 0 aliphatic heterocycles. The Hall–Kier alpha value is -2.40. The molecule has 1 atom stereocenters. The summed E-state index contributed by atoms with van der Waals surface area (Å²) in [5, 5.41) is 12.2. The topological polar surface area (TPSA) is 58.6 Å². The first-order valence-electron chi connectivity index (χ1n) is 6.51. The number of carbonyl (C=O) groups is 1. The number of para-hydroxylation sites is 1. The molecule has 2 aromatic carbocycles. The van der Waals surface area contributed by atoms with Crippen LogP contribution in [0.25, 0.3) is 0 Å². The van der Waals surface area contributed by atoms with Crippen LogP contribution < -0.4 is 10.1 Å². The normalized spacial score (nSPS) is 11.8. The van der Waals surface area contributed by atoms with Crippen LogP contribution in [0.1, 0.15) is 18.6 Å². The molecule has 1 amide bonds. The zero-order valence-corrected chi connectivity index (χ0v) is 11.5. The van der Waals surface area contributed by atoms with Crippen LogP contribution in [0.15, 0.2) is 48.5 Å². The number of anilines is 1. The van der Waals surface area contributed by atoms with Crippen molar-refractivity contribution in [3.63, 3.8) is 0 Å². The Morgan fingerprint density at radius 1 is 1.29 bits per heavy atom. The first-order chi connectivity index (χ1) is 10.1. The standard InChI is InChI=1S/C16H16FNO3/c1-11(19)14-8-7-12(17)9-15(14)21-10-16(20)18-13-5-3-2-4-6-13/h2-9,11,19H,10H2,1H3,(H,18,20). The Labute approximate surface area is 122 Å². The Morgan fingerprint density at radius 2 is 2.00 bits per heavy atom. The van der Waals surface area contributed by atoms with Crippen molar-refractivity contribution in [2.24, 2.45) is 0 Å². The fourth-order valence-corrected chi connectivity index (χ4v) is 1.84. The van der Waals surface area contributed by atoms with Gasteiger partial charge in [0.25, 0.3) is 5.91 Å². The molecule has 0 saturated heterocycles. The predicted octanol–water partition coefficient (Wildman–Crippen LogP) is 2.90. The van der Waals surface area contributed by atoms with Crippen molar-refractivity contribution in [3.05, 3.63) is 59.9 Å². The highest BCUT2D eigenvalue weighted by atomic mass is 19.1. The van der Waals surface area contributed by atoms with Gasteiger partial charge in [-0.2, -0.15) is 0 Å². The second-order valence-electron chi connectivity index (χ2n) is 4.56.